The molecule has 2 aliphatic rings. The van der Waals surface area contributed by atoms with Gasteiger partial charge >= 0.3 is 0 Å². The van der Waals surface area contributed by atoms with Crippen molar-refractivity contribution in [2.24, 2.45) is 5.84 Å². The van der Waals surface area contributed by atoms with E-state index >= 15 is 0 Å². The monoisotopic (exact) mass is 290 g/mol. The summed E-state index contributed by atoms with van der Waals surface area (Å²) in [5.74, 6) is 8.07. The molecule has 1 saturated carbocycles. The Morgan fingerprint density at radius 2 is 1.81 bits per heavy atom. The van der Waals surface area contributed by atoms with Gasteiger partial charge in [0.05, 0.1) is 0 Å². The van der Waals surface area contributed by atoms with Crippen molar-refractivity contribution >= 4 is 11.6 Å². The third-order valence-electron chi connectivity index (χ3n) is 4.23. The maximum atomic E-state index is 5.56. The first-order valence-corrected chi connectivity index (χ1v) is 7.82. The second-order valence-electron chi connectivity index (χ2n) is 7.08. The molecule has 0 spiro atoms. The molecule has 3 N–H and O–H groups in total. The van der Waals surface area contributed by atoms with E-state index < -0.39 is 0 Å². The minimum absolute atomic E-state index is 0.0859. The Balaban J connectivity index is 1.78. The Morgan fingerprint density at radius 1 is 1.14 bits per heavy atom. The highest BCUT2D eigenvalue weighted by atomic mass is 15.3. The van der Waals surface area contributed by atoms with Crippen molar-refractivity contribution in [1.82, 2.24) is 14.9 Å². The van der Waals surface area contributed by atoms with Crippen molar-refractivity contribution in [3.63, 3.8) is 0 Å². The fourth-order valence-electron chi connectivity index (χ4n) is 2.76. The van der Waals surface area contributed by atoms with Crippen LogP contribution < -0.4 is 16.2 Å². The van der Waals surface area contributed by atoms with Crippen molar-refractivity contribution < 1.29 is 0 Å². The van der Waals surface area contributed by atoms with Gasteiger partial charge in [0.25, 0.3) is 0 Å². The molecule has 6 heteroatoms. The smallest absolute Gasteiger partial charge is 0.145 e. The van der Waals surface area contributed by atoms with Crippen LogP contribution in [0.2, 0.25) is 0 Å². The number of nitrogen functional groups attached to an aromatic ring is 1. The molecule has 6 nitrogen and oxygen atoms in total. The number of nitrogens with one attached hydrogen (secondary N) is 1. The zero-order valence-corrected chi connectivity index (χ0v) is 13.3. The molecular weight excluding hydrogens is 264 g/mol. The van der Waals surface area contributed by atoms with Gasteiger partial charge in [-0.05, 0) is 12.8 Å². The van der Waals surface area contributed by atoms with Gasteiger partial charge in [-0.2, -0.15) is 0 Å². The maximum absolute atomic E-state index is 5.56. The first-order valence-electron chi connectivity index (χ1n) is 7.82. The van der Waals surface area contributed by atoms with Gasteiger partial charge in [-0.15, -0.1) is 0 Å². The van der Waals surface area contributed by atoms with E-state index in [1.807, 2.05) is 6.07 Å². The molecule has 0 amide bonds. The van der Waals surface area contributed by atoms with E-state index in [1.54, 1.807) is 0 Å². The van der Waals surface area contributed by atoms with Crippen molar-refractivity contribution in [2.75, 3.05) is 36.5 Å². The Bertz CT molecular complexity index is 497. The summed E-state index contributed by atoms with van der Waals surface area (Å²) in [4.78, 5) is 14.2. The highest BCUT2D eigenvalue weighted by Gasteiger charge is 2.31. The number of nitrogens with zero attached hydrogens (tertiary/aromatic N) is 4. The maximum Gasteiger partial charge on any atom is 0.145 e. The molecule has 0 radical (unpaired) electrons. The fourth-order valence-corrected chi connectivity index (χ4v) is 2.76. The van der Waals surface area contributed by atoms with Crippen molar-refractivity contribution in [3.8, 4) is 0 Å². The first kappa shape index (κ1) is 14.5. The largest absolute Gasteiger partial charge is 0.354 e. The molecule has 1 aliphatic heterocycles. The van der Waals surface area contributed by atoms with Crippen LogP contribution in [0.15, 0.2) is 6.07 Å². The number of hydrogen-bond acceptors (Lipinski definition) is 6. The van der Waals surface area contributed by atoms with E-state index in [4.69, 9.17) is 10.8 Å². The lowest BCUT2D eigenvalue weighted by atomic mass is 9.96. The van der Waals surface area contributed by atoms with Gasteiger partial charge in [-0.25, -0.2) is 15.8 Å². The minimum atomic E-state index is -0.0859. The van der Waals surface area contributed by atoms with Crippen LogP contribution in [-0.2, 0) is 5.41 Å². The third-order valence-corrected chi connectivity index (χ3v) is 4.23. The SMILES string of the molecule is CC(C)(C)c1nc(NN)cc(N2CCN(C3CC3)CC2)n1. The fraction of sp³-hybridized carbons (Fsp3) is 0.733. The average Bonchev–Trinajstić information content (AvgIpc) is 3.30. The topological polar surface area (TPSA) is 70.3 Å². The number of anilines is 2. The van der Waals surface area contributed by atoms with Gasteiger partial charge < -0.3 is 10.3 Å². The van der Waals surface area contributed by atoms with Crippen molar-refractivity contribution in [2.45, 2.75) is 45.1 Å². The molecule has 2 fully saturated rings. The highest BCUT2D eigenvalue weighted by Crippen LogP contribution is 2.29. The number of rotatable bonds is 3. The molecule has 3 rings (SSSR count). The number of aromatic nitrogens is 2. The van der Waals surface area contributed by atoms with E-state index in [0.717, 1.165) is 43.9 Å². The predicted octanol–water partition coefficient (Wildman–Crippen LogP) is 1.34. The molecule has 0 atom stereocenters. The Morgan fingerprint density at radius 3 is 2.33 bits per heavy atom. The summed E-state index contributed by atoms with van der Waals surface area (Å²) >= 11 is 0. The molecule has 0 unspecified atom stereocenters. The summed E-state index contributed by atoms with van der Waals surface area (Å²) in [6.45, 7) is 10.7. The van der Waals surface area contributed by atoms with Gasteiger partial charge in [-0.1, -0.05) is 20.8 Å². The lowest BCUT2D eigenvalue weighted by molar-refractivity contribution is 0.247. The van der Waals surface area contributed by atoms with Crippen LogP contribution in [0.25, 0.3) is 0 Å². The quantitative estimate of drug-likeness (QED) is 0.647. The van der Waals surface area contributed by atoms with Gasteiger partial charge in [0.2, 0.25) is 0 Å². The summed E-state index contributed by atoms with van der Waals surface area (Å²) in [7, 11) is 0. The van der Waals surface area contributed by atoms with Gasteiger partial charge in [0, 0.05) is 43.7 Å². The Labute approximate surface area is 126 Å². The summed E-state index contributed by atoms with van der Waals surface area (Å²) < 4.78 is 0. The second kappa shape index (κ2) is 5.42. The molecule has 116 valence electrons. The molecule has 1 saturated heterocycles. The molecule has 0 aromatic carbocycles. The molecule has 0 bridgehead atoms. The molecule has 1 aromatic rings. The van der Waals surface area contributed by atoms with Crippen LogP contribution in [-0.4, -0.2) is 47.1 Å². The third kappa shape index (κ3) is 3.27. The van der Waals surface area contributed by atoms with Crippen molar-refractivity contribution in [1.29, 1.82) is 0 Å². The van der Waals surface area contributed by atoms with E-state index in [2.05, 4.69) is 41.0 Å². The molecule has 2 heterocycles. The lowest BCUT2D eigenvalue weighted by Gasteiger charge is -2.36. The average molecular weight is 290 g/mol. The van der Waals surface area contributed by atoms with Crippen LogP contribution in [0.4, 0.5) is 11.6 Å². The van der Waals surface area contributed by atoms with Gasteiger partial charge in [0.1, 0.15) is 17.5 Å². The Kier molecular flexibility index (Phi) is 3.75. The van der Waals surface area contributed by atoms with E-state index in [1.165, 1.54) is 12.8 Å². The summed E-state index contributed by atoms with van der Waals surface area (Å²) in [5.41, 5.74) is 2.58. The second-order valence-corrected chi connectivity index (χ2v) is 7.08. The van der Waals surface area contributed by atoms with E-state index in [-0.39, 0.29) is 5.41 Å². The molecular formula is C15H26N6. The highest BCUT2D eigenvalue weighted by molar-refractivity contribution is 5.49. The molecule has 1 aromatic heterocycles. The standard InChI is InChI=1S/C15H26N6/c1-15(2,3)14-17-12(19-16)10-13(18-14)21-8-6-20(7-9-21)11-4-5-11/h10-11H,4-9,16H2,1-3H3,(H,17,18,19). The van der Waals surface area contributed by atoms with Crippen LogP contribution in [0.5, 0.6) is 0 Å². The molecule has 21 heavy (non-hydrogen) atoms. The van der Waals surface area contributed by atoms with Gasteiger partial charge in [-0.3, -0.25) is 4.90 Å². The number of hydrazine groups is 1. The van der Waals surface area contributed by atoms with Crippen LogP contribution in [0.1, 0.15) is 39.4 Å². The first-order chi connectivity index (χ1) is 9.97. The number of nitrogens with two attached hydrogens (primary N) is 1. The Hall–Kier alpha value is -1.40. The van der Waals surface area contributed by atoms with Crippen molar-refractivity contribution in [3.05, 3.63) is 11.9 Å². The predicted molar refractivity (Wildman–Crippen MR) is 85.4 cm³/mol. The number of hydrogen-bond donors (Lipinski definition) is 2. The van der Waals surface area contributed by atoms with Gasteiger partial charge in [0.15, 0.2) is 0 Å². The zero-order valence-electron chi connectivity index (χ0n) is 13.3. The van der Waals surface area contributed by atoms with E-state index in [9.17, 15) is 0 Å². The zero-order chi connectivity index (χ0) is 15.0. The summed E-state index contributed by atoms with van der Waals surface area (Å²) in [5, 5.41) is 0. The summed E-state index contributed by atoms with van der Waals surface area (Å²) in [6.07, 6.45) is 2.76. The van der Waals surface area contributed by atoms with Crippen LogP contribution in [0.3, 0.4) is 0 Å². The number of piperazine rings is 1. The van der Waals surface area contributed by atoms with Crippen LogP contribution >= 0.6 is 0 Å². The van der Waals surface area contributed by atoms with E-state index in [0.29, 0.717) is 5.82 Å². The molecule has 1 aliphatic carbocycles. The summed E-state index contributed by atoms with van der Waals surface area (Å²) in [6, 6.07) is 2.80. The van der Waals surface area contributed by atoms with Crippen LogP contribution in [0, 0.1) is 0 Å². The normalized spacial score (nSPS) is 20.7. The minimum Gasteiger partial charge on any atom is -0.354 e. The lowest BCUT2D eigenvalue weighted by Crippen LogP contribution is -2.47.